The Morgan fingerprint density at radius 3 is 2.10 bits per heavy atom. The third kappa shape index (κ3) is 8.68. The van der Waals surface area contributed by atoms with E-state index in [1.54, 1.807) is 47.6 Å². The van der Waals surface area contributed by atoms with E-state index in [4.69, 9.17) is 4.98 Å². The van der Waals surface area contributed by atoms with Gasteiger partial charge in [0.25, 0.3) is 5.56 Å². The Morgan fingerprint density at radius 1 is 0.860 bits per heavy atom. The van der Waals surface area contributed by atoms with Crippen LogP contribution in [0.2, 0.25) is 0 Å². The van der Waals surface area contributed by atoms with Gasteiger partial charge in [0, 0.05) is 35.2 Å². The Kier molecular flexibility index (Phi) is 12.6. The molecule has 5 heterocycles. The highest BCUT2D eigenvalue weighted by atomic mass is 79.9. The predicted octanol–water partition coefficient (Wildman–Crippen LogP) is 8.01. The molecule has 14 heteroatoms. The van der Waals surface area contributed by atoms with Crippen LogP contribution in [0.25, 0.3) is 22.6 Å². The van der Waals surface area contributed by atoms with Gasteiger partial charge in [0.15, 0.2) is 17.3 Å². The maximum atomic E-state index is 13.7. The van der Waals surface area contributed by atoms with Crippen molar-refractivity contribution in [3.8, 4) is 11.4 Å². The number of rotatable bonds is 10. The standard InChI is InChI=1S/C26H31N9OS.C8H9BrN2.C2H6/c1-6-37-18-9-27-20(28-10-18)12-30-24-26(36)35(16(5)14(2)3)25-19(33-24)11-29-23(34-25)21-15(4)31-13-32-22(21)17-7-8-17;1-5-7(9)8(6-2-3-6)11-4-10-5;1-2/h9-11,13-14,16-17H,6-8,12H2,1-5H3,(H,30,33);4,6H,2-3H2,1H3;1-2H3. The van der Waals surface area contributed by atoms with Gasteiger partial charge in [-0.1, -0.05) is 34.6 Å². The van der Waals surface area contributed by atoms with E-state index in [2.05, 4.69) is 81.9 Å². The number of fused-ring (bicyclic) bond motifs is 1. The fourth-order valence-electron chi connectivity index (χ4n) is 5.30. The highest BCUT2D eigenvalue weighted by Crippen LogP contribution is 2.43. The number of aryl methyl sites for hydroxylation is 2. The number of hydrogen-bond acceptors (Lipinski definition) is 12. The third-order valence-electron chi connectivity index (χ3n) is 8.62. The van der Waals surface area contributed by atoms with Gasteiger partial charge in [0.2, 0.25) is 0 Å². The molecule has 264 valence electrons. The molecule has 12 nitrogen and oxygen atoms in total. The van der Waals surface area contributed by atoms with Crippen molar-refractivity contribution < 1.29 is 0 Å². The van der Waals surface area contributed by atoms with E-state index in [1.165, 1.54) is 18.5 Å². The molecule has 7 rings (SSSR count). The maximum Gasteiger partial charge on any atom is 0.295 e. The first-order valence-electron chi connectivity index (χ1n) is 17.4. The van der Waals surface area contributed by atoms with Crippen molar-refractivity contribution in [3.05, 3.63) is 74.7 Å². The molecule has 2 fully saturated rings. The largest absolute Gasteiger partial charge is 0.358 e. The molecule has 0 aliphatic heterocycles. The normalized spacial score (nSPS) is 14.4. The van der Waals surface area contributed by atoms with E-state index < -0.39 is 0 Å². The van der Waals surface area contributed by atoms with Crippen LogP contribution in [0.3, 0.4) is 0 Å². The maximum absolute atomic E-state index is 13.7. The summed E-state index contributed by atoms with van der Waals surface area (Å²) in [6.45, 7) is 16.5. The van der Waals surface area contributed by atoms with Crippen LogP contribution < -0.4 is 10.9 Å². The molecule has 5 aromatic heterocycles. The van der Waals surface area contributed by atoms with Crippen LogP contribution in [0.5, 0.6) is 0 Å². The Bertz CT molecular complexity index is 1980. The fraction of sp³-hybridized carbons (Fsp3) is 0.500. The van der Waals surface area contributed by atoms with Gasteiger partial charge in [-0.05, 0) is 74.1 Å². The van der Waals surface area contributed by atoms with Crippen LogP contribution in [-0.4, -0.2) is 55.2 Å². The van der Waals surface area contributed by atoms with Crippen molar-refractivity contribution >= 4 is 44.7 Å². The minimum Gasteiger partial charge on any atom is -0.358 e. The van der Waals surface area contributed by atoms with Gasteiger partial charge in [-0.2, -0.15) is 0 Å². The molecule has 50 heavy (non-hydrogen) atoms. The highest BCUT2D eigenvalue weighted by molar-refractivity contribution is 9.10. The van der Waals surface area contributed by atoms with Crippen LogP contribution in [-0.2, 0) is 6.54 Å². The van der Waals surface area contributed by atoms with E-state index in [1.807, 2.05) is 34.6 Å². The van der Waals surface area contributed by atoms with E-state index in [9.17, 15) is 4.79 Å². The van der Waals surface area contributed by atoms with Crippen LogP contribution >= 0.6 is 27.7 Å². The van der Waals surface area contributed by atoms with Crippen molar-refractivity contribution in [1.29, 1.82) is 0 Å². The number of halogens is 1. The van der Waals surface area contributed by atoms with Crippen LogP contribution in [0.15, 0.2) is 45.4 Å². The number of hydrogen-bond donors (Lipinski definition) is 1. The molecule has 0 bridgehead atoms. The topological polar surface area (TPSA) is 150 Å². The molecular formula is C36H46BrN11OS. The van der Waals surface area contributed by atoms with Crippen LogP contribution in [0.4, 0.5) is 5.82 Å². The summed E-state index contributed by atoms with van der Waals surface area (Å²) >= 11 is 5.18. The molecule has 2 aliphatic rings. The summed E-state index contributed by atoms with van der Waals surface area (Å²) in [4.78, 5) is 54.9. The molecule has 0 spiro atoms. The molecule has 0 radical (unpaired) electrons. The zero-order chi connectivity index (χ0) is 35.9. The van der Waals surface area contributed by atoms with Crippen molar-refractivity contribution in [2.24, 2.45) is 5.92 Å². The van der Waals surface area contributed by atoms with Gasteiger partial charge in [-0.3, -0.25) is 9.36 Å². The van der Waals surface area contributed by atoms with E-state index in [0.717, 1.165) is 50.6 Å². The number of nitrogens with zero attached hydrogens (tertiary/aromatic N) is 10. The minimum absolute atomic E-state index is 0.112. The zero-order valence-electron chi connectivity index (χ0n) is 30.1. The number of aromatic nitrogens is 10. The van der Waals surface area contributed by atoms with E-state index >= 15 is 0 Å². The van der Waals surface area contributed by atoms with Crippen LogP contribution in [0.1, 0.15) is 114 Å². The summed E-state index contributed by atoms with van der Waals surface area (Å²) in [5.74, 6) is 3.61. The summed E-state index contributed by atoms with van der Waals surface area (Å²) in [5, 5.41) is 3.14. The first kappa shape index (κ1) is 37.3. The smallest absolute Gasteiger partial charge is 0.295 e. The summed E-state index contributed by atoms with van der Waals surface area (Å²) in [7, 11) is 0. The number of nitrogens with one attached hydrogen (secondary N) is 1. The average molecular weight is 761 g/mol. The minimum atomic E-state index is -0.236. The van der Waals surface area contributed by atoms with Crippen molar-refractivity contribution in [2.75, 3.05) is 11.1 Å². The van der Waals surface area contributed by atoms with Gasteiger partial charge in [-0.25, -0.2) is 44.9 Å². The highest BCUT2D eigenvalue weighted by Gasteiger charge is 2.31. The summed E-state index contributed by atoms with van der Waals surface area (Å²) in [5.41, 5.74) is 5.70. The average Bonchev–Trinajstić information content (AvgIpc) is 4.05. The monoisotopic (exact) mass is 759 g/mol. The summed E-state index contributed by atoms with van der Waals surface area (Å²) in [6.07, 6.45) is 13.3. The summed E-state index contributed by atoms with van der Waals surface area (Å²) < 4.78 is 2.82. The first-order chi connectivity index (χ1) is 24.2. The Morgan fingerprint density at radius 2 is 1.48 bits per heavy atom. The lowest BCUT2D eigenvalue weighted by Crippen LogP contribution is -2.30. The summed E-state index contributed by atoms with van der Waals surface area (Å²) in [6, 6.07) is -0.112. The van der Waals surface area contributed by atoms with E-state index in [0.29, 0.717) is 34.6 Å². The Labute approximate surface area is 306 Å². The lowest BCUT2D eigenvalue weighted by Gasteiger charge is -2.21. The molecule has 0 aromatic carbocycles. The van der Waals surface area contributed by atoms with Gasteiger partial charge < -0.3 is 5.32 Å². The van der Waals surface area contributed by atoms with Crippen molar-refractivity contribution in [3.63, 3.8) is 0 Å². The second kappa shape index (κ2) is 16.9. The molecule has 5 aromatic rings. The van der Waals surface area contributed by atoms with Crippen LogP contribution in [0, 0.1) is 19.8 Å². The van der Waals surface area contributed by atoms with Gasteiger partial charge in [0.1, 0.15) is 24.0 Å². The molecule has 2 saturated carbocycles. The second-order valence-electron chi connectivity index (χ2n) is 12.6. The SMILES string of the molecule is CC.CCSc1cnc(CNc2nc3cnc(-c4c(C)ncnc4C4CC4)nc3n(C(C)C(C)C)c2=O)nc1.Cc1ncnc(C2CC2)c1Br. The van der Waals surface area contributed by atoms with Gasteiger partial charge >= 0.3 is 0 Å². The molecule has 0 saturated heterocycles. The lowest BCUT2D eigenvalue weighted by atomic mass is 10.1. The van der Waals surface area contributed by atoms with Crippen molar-refractivity contribution in [1.82, 2.24) is 49.4 Å². The van der Waals surface area contributed by atoms with E-state index in [-0.39, 0.29) is 29.9 Å². The molecule has 1 atom stereocenters. The second-order valence-corrected chi connectivity index (χ2v) is 14.7. The van der Waals surface area contributed by atoms with Crippen molar-refractivity contribution in [2.45, 2.75) is 110 Å². The Hall–Kier alpha value is -3.91. The Balaban J connectivity index is 0.000000313. The molecule has 2 aliphatic carbocycles. The molecular weight excluding hydrogens is 714 g/mol. The molecule has 1 unspecified atom stereocenters. The predicted molar refractivity (Wildman–Crippen MR) is 202 cm³/mol. The lowest BCUT2D eigenvalue weighted by molar-refractivity contribution is 0.406. The zero-order valence-corrected chi connectivity index (χ0v) is 32.5. The quantitative estimate of drug-likeness (QED) is 0.137. The first-order valence-corrected chi connectivity index (χ1v) is 19.2. The van der Waals surface area contributed by atoms with Gasteiger partial charge in [-0.15, -0.1) is 11.8 Å². The molecule has 0 amide bonds. The van der Waals surface area contributed by atoms with Gasteiger partial charge in [0.05, 0.1) is 45.6 Å². The number of anilines is 1. The number of thioether (sulfide) groups is 1. The molecule has 1 N–H and O–H groups in total. The fourth-order valence-corrected chi connectivity index (χ4v) is 6.42. The third-order valence-corrected chi connectivity index (χ3v) is 10.4.